The van der Waals surface area contributed by atoms with Gasteiger partial charge in [-0.1, -0.05) is 30.3 Å². The molecule has 1 aromatic carbocycles. The number of nitrogens with one attached hydrogen (secondary N) is 2. The number of amides is 1. The monoisotopic (exact) mass is 510 g/mol. The first-order valence-electron chi connectivity index (χ1n) is 8.71. The number of likely N-dealkylation sites (N-methyl/N-ethyl adjacent to an activating group) is 1. The molecule has 1 rings (SSSR count). The second kappa shape index (κ2) is 12.9. The lowest BCUT2D eigenvalue weighted by atomic mass is 10.2. The number of rotatable bonds is 9. The maximum atomic E-state index is 12.4. The molecule has 0 saturated heterocycles. The number of nitrogens with zero attached hydrogens (tertiary/aromatic N) is 2. The quantitative estimate of drug-likeness (QED) is 0.300. The Balaban J connectivity index is 0.00000676. The second-order valence-electron chi connectivity index (χ2n) is 6.28. The molecule has 154 valence electrons. The zero-order chi connectivity index (χ0) is 19.6. The molecule has 0 aliphatic carbocycles. The first kappa shape index (κ1) is 25.6. The van der Waals surface area contributed by atoms with Gasteiger partial charge in [0.25, 0.3) is 0 Å². The molecule has 27 heavy (non-hydrogen) atoms. The van der Waals surface area contributed by atoms with Crippen molar-refractivity contribution in [3.8, 4) is 0 Å². The van der Waals surface area contributed by atoms with Crippen LogP contribution in [-0.2, 0) is 21.2 Å². The number of carbonyl (C=O) groups is 1. The van der Waals surface area contributed by atoms with Crippen LogP contribution in [0.5, 0.6) is 0 Å². The van der Waals surface area contributed by atoms with Crippen LogP contribution < -0.4 is 10.6 Å². The molecule has 7 nitrogen and oxygen atoms in total. The van der Waals surface area contributed by atoms with E-state index in [2.05, 4.69) is 15.6 Å². The van der Waals surface area contributed by atoms with E-state index in [0.29, 0.717) is 25.5 Å². The zero-order valence-corrected chi connectivity index (χ0v) is 19.6. The van der Waals surface area contributed by atoms with E-state index in [1.54, 1.807) is 11.9 Å². The third-order valence-electron chi connectivity index (χ3n) is 3.89. The fourth-order valence-corrected chi connectivity index (χ4v) is 3.12. The van der Waals surface area contributed by atoms with Crippen molar-refractivity contribution in [1.82, 2.24) is 15.5 Å². The molecule has 0 radical (unpaired) electrons. The van der Waals surface area contributed by atoms with Crippen LogP contribution in [0.4, 0.5) is 0 Å². The SMILES string of the molecule is CCN(Cc1ccccc1)C(=O)CNC(=NC)NC(C)CCS(C)(=O)=O.I. The third-order valence-corrected chi connectivity index (χ3v) is 4.86. The first-order valence-corrected chi connectivity index (χ1v) is 10.8. The van der Waals surface area contributed by atoms with Gasteiger partial charge in [-0.2, -0.15) is 0 Å². The van der Waals surface area contributed by atoms with Crippen LogP contribution in [0.15, 0.2) is 35.3 Å². The summed E-state index contributed by atoms with van der Waals surface area (Å²) >= 11 is 0. The van der Waals surface area contributed by atoms with E-state index in [1.807, 2.05) is 44.2 Å². The molecular formula is C18H31IN4O3S. The number of aliphatic imine (C=N–C) groups is 1. The molecule has 0 spiro atoms. The highest BCUT2D eigenvalue weighted by Crippen LogP contribution is 2.04. The van der Waals surface area contributed by atoms with Gasteiger partial charge in [-0.05, 0) is 25.8 Å². The van der Waals surface area contributed by atoms with E-state index in [-0.39, 0.29) is 48.2 Å². The molecule has 0 aliphatic heterocycles. The van der Waals surface area contributed by atoms with Gasteiger partial charge in [0.15, 0.2) is 5.96 Å². The van der Waals surface area contributed by atoms with Crippen molar-refractivity contribution < 1.29 is 13.2 Å². The van der Waals surface area contributed by atoms with Crippen molar-refractivity contribution >= 4 is 45.7 Å². The number of sulfone groups is 1. The number of hydrogen-bond donors (Lipinski definition) is 2. The number of hydrogen-bond acceptors (Lipinski definition) is 4. The highest BCUT2D eigenvalue weighted by Gasteiger charge is 2.14. The number of carbonyl (C=O) groups excluding carboxylic acids is 1. The maximum absolute atomic E-state index is 12.4. The van der Waals surface area contributed by atoms with Crippen molar-refractivity contribution in [3.63, 3.8) is 0 Å². The minimum Gasteiger partial charge on any atom is -0.354 e. The average molecular weight is 510 g/mol. The molecule has 0 saturated carbocycles. The van der Waals surface area contributed by atoms with Gasteiger partial charge in [-0.15, -0.1) is 24.0 Å². The maximum Gasteiger partial charge on any atom is 0.242 e. The third kappa shape index (κ3) is 11.2. The molecule has 1 aromatic rings. The number of halogens is 1. The molecular weight excluding hydrogens is 479 g/mol. The minimum absolute atomic E-state index is 0. The van der Waals surface area contributed by atoms with Gasteiger partial charge in [-0.25, -0.2) is 8.42 Å². The van der Waals surface area contributed by atoms with Crippen molar-refractivity contribution in [2.75, 3.05) is 32.1 Å². The second-order valence-corrected chi connectivity index (χ2v) is 8.54. The molecule has 1 amide bonds. The lowest BCUT2D eigenvalue weighted by molar-refractivity contribution is -0.130. The molecule has 1 unspecified atom stereocenters. The summed E-state index contributed by atoms with van der Waals surface area (Å²) in [6.07, 6.45) is 1.69. The van der Waals surface area contributed by atoms with Gasteiger partial charge in [-0.3, -0.25) is 9.79 Å². The normalized spacial score (nSPS) is 12.7. The molecule has 0 bridgehead atoms. The summed E-state index contributed by atoms with van der Waals surface area (Å²) in [5.41, 5.74) is 1.08. The molecule has 2 N–H and O–H groups in total. The smallest absolute Gasteiger partial charge is 0.242 e. The highest BCUT2D eigenvalue weighted by molar-refractivity contribution is 14.0. The van der Waals surface area contributed by atoms with Crippen LogP contribution in [0.2, 0.25) is 0 Å². The average Bonchev–Trinajstić information content (AvgIpc) is 2.61. The Hall–Kier alpha value is -1.36. The van der Waals surface area contributed by atoms with E-state index in [1.165, 1.54) is 6.26 Å². The lowest BCUT2D eigenvalue weighted by Gasteiger charge is -2.23. The predicted octanol–water partition coefficient (Wildman–Crippen LogP) is 1.64. The highest BCUT2D eigenvalue weighted by atomic mass is 127. The Labute approximate surface area is 179 Å². The Morgan fingerprint density at radius 3 is 2.41 bits per heavy atom. The summed E-state index contributed by atoms with van der Waals surface area (Å²) in [6, 6.07) is 9.77. The predicted molar refractivity (Wildman–Crippen MR) is 121 cm³/mol. The van der Waals surface area contributed by atoms with Crippen LogP contribution >= 0.6 is 24.0 Å². The van der Waals surface area contributed by atoms with Gasteiger partial charge in [0, 0.05) is 32.4 Å². The summed E-state index contributed by atoms with van der Waals surface area (Å²) in [5, 5.41) is 6.10. The molecule has 0 aromatic heterocycles. The molecule has 0 heterocycles. The van der Waals surface area contributed by atoms with Gasteiger partial charge < -0.3 is 15.5 Å². The molecule has 9 heteroatoms. The van der Waals surface area contributed by atoms with Crippen LogP contribution in [-0.4, -0.2) is 63.4 Å². The molecule has 1 atom stereocenters. The Morgan fingerprint density at radius 2 is 1.89 bits per heavy atom. The Morgan fingerprint density at radius 1 is 1.26 bits per heavy atom. The van der Waals surface area contributed by atoms with Crippen molar-refractivity contribution in [2.24, 2.45) is 4.99 Å². The van der Waals surface area contributed by atoms with E-state index >= 15 is 0 Å². The summed E-state index contributed by atoms with van der Waals surface area (Å²) in [7, 11) is -1.38. The summed E-state index contributed by atoms with van der Waals surface area (Å²) in [5.74, 6) is 0.566. The fourth-order valence-electron chi connectivity index (χ4n) is 2.34. The summed E-state index contributed by atoms with van der Waals surface area (Å²) < 4.78 is 22.5. The largest absolute Gasteiger partial charge is 0.354 e. The topological polar surface area (TPSA) is 90.9 Å². The van der Waals surface area contributed by atoms with Crippen molar-refractivity contribution in [3.05, 3.63) is 35.9 Å². The first-order chi connectivity index (χ1) is 12.2. The van der Waals surface area contributed by atoms with Crippen LogP contribution in [0.3, 0.4) is 0 Å². The van der Waals surface area contributed by atoms with Gasteiger partial charge in [0.05, 0.1) is 12.3 Å². The van der Waals surface area contributed by atoms with Crippen molar-refractivity contribution in [1.29, 1.82) is 0 Å². The van der Waals surface area contributed by atoms with E-state index < -0.39 is 9.84 Å². The van der Waals surface area contributed by atoms with Crippen LogP contribution in [0.25, 0.3) is 0 Å². The standard InChI is InChI=1S/C18H30N4O3S.HI/c1-5-22(14-16-9-7-6-8-10-16)17(23)13-20-18(19-3)21-15(2)11-12-26(4,24)25;/h6-10,15H,5,11-14H2,1-4H3,(H2,19,20,21);1H. The molecule has 0 fully saturated rings. The molecule has 0 aliphatic rings. The van der Waals surface area contributed by atoms with Gasteiger partial charge in [0.2, 0.25) is 5.91 Å². The van der Waals surface area contributed by atoms with Gasteiger partial charge >= 0.3 is 0 Å². The summed E-state index contributed by atoms with van der Waals surface area (Å²) in [4.78, 5) is 18.3. The van der Waals surface area contributed by atoms with Crippen molar-refractivity contribution in [2.45, 2.75) is 32.9 Å². The number of guanidine groups is 1. The number of benzene rings is 1. The van der Waals surface area contributed by atoms with E-state index in [9.17, 15) is 13.2 Å². The fraction of sp³-hybridized carbons (Fsp3) is 0.556. The lowest BCUT2D eigenvalue weighted by Crippen LogP contribution is -2.47. The van der Waals surface area contributed by atoms with Gasteiger partial charge in [0.1, 0.15) is 9.84 Å². The van der Waals surface area contributed by atoms with Crippen LogP contribution in [0.1, 0.15) is 25.8 Å². The Kier molecular flexibility index (Phi) is 12.3. The van der Waals surface area contributed by atoms with E-state index in [0.717, 1.165) is 5.56 Å². The van der Waals surface area contributed by atoms with E-state index in [4.69, 9.17) is 0 Å². The van der Waals surface area contributed by atoms with Crippen LogP contribution in [0, 0.1) is 0 Å². The summed E-state index contributed by atoms with van der Waals surface area (Å²) in [6.45, 7) is 5.13. The Bertz CT molecular complexity index is 696. The minimum atomic E-state index is -2.99. The zero-order valence-electron chi connectivity index (χ0n) is 16.4.